The highest BCUT2D eigenvalue weighted by atomic mass is 16.5. The number of carbonyl (C=O) groups is 2. The molecule has 9 heteroatoms. The molecular formula is C25H34N4O5. The topological polar surface area (TPSA) is 114 Å². The zero-order valence-electron chi connectivity index (χ0n) is 20.9. The maximum absolute atomic E-state index is 13.2. The van der Waals surface area contributed by atoms with E-state index in [0.717, 1.165) is 11.3 Å². The second-order valence-electron chi connectivity index (χ2n) is 10.3. The molecule has 34 heavy (non-hydrogen) atoms. The summed E-state index contributed by atoms with van der Waals surface area (Å²) in [5.41, 5.74) is 0.363. The van der Waals surface area contributed by atoms with Crippen molar-refractivity contribution < 1.29 is 24.2 Å². The number of benzene rings is 1. The van der Waals surface area contributed by atoms with Crippen LogP contribution < -0.4 is 14.8 Å². The van der Waals surface area contributed by atoms with Gasteiger partial charge in [0.2, 0.25) is 5.91 Å². The molecule has 1 aromatic heterocycles. The molecule has 2 atom stereocenters. The molecular weight excluding hydrogens is 436 g/mol. The maximum Gasteiger partial charge on any atom is 0.408 e. The number of hydrogen-bond acceptors (Lipinski definition) is 6. The van der Waals surface area contributed by atoms with Gasteiger partial charge in [0.15, 0.2) is 0 Å². The first-order valence-electron chi connectivity index (χ1n) is 11.4. The van der Waals surface area contributed by atoms with E-state index in [9.17, 15) is 14.7 Å². The average molecular weight is 471 g/mol. The minimum absolute atomic E-state index is 0.134. The number of amides is 2. The second kappa shape index (κ2) is 9.48. The molecule has 0 saturated carbocycles. The molecule has 0 saturated heterocycles. The zero-order valence-corrected chi connectivity index (χ0v) is 20.9. The standard InChI is InChI=1S/C25H34N4O5/c1-8-15(2)20(29(23(31)32)24(3,4)5)21(30)28-16-12-26-22(27-13-16)34-18-11-9-10-17-19(18)25(6,7)14-33-17/h9-13,15,20H,8,14H2,1-7H3,(H,28,30)(H,31,32)/t15?,20-/m1/s1. The highest BCUT2D eigenvalue weighted by Gasteiger charge is 2.40. The number of nitrogens with one attached hydrogen (secondary N) is 1. The van der Waals surface area contributed by atoms with E-state index in [2.05, 4.69) is 29.1 Å². The van der Waals surface area contributed by atoms with Gasteiger partial charge in [0, 0.05) is 16.5 Å². The van der Waals surface area contributed by atoms with E-state index in [4.69, 9.17) is 9.47 Å². The molecule has 1 unspecified atom stereocenters. The van der Waals surface area contributed by atoms with Crippen LogP contribution >= 0.6 is 0 Å². The normalized spacial score (nSPS) is 16.1. The fraction of sp³-hybridized carbons (Fsp3) is 0.520. The lowest BCUT2D eigenvalue weighted by atomic mass is 9.86. The van der Waals surface area contributed by atoms with Gasteiger partial charge in [-0.3, -0.25) is 9.69 Å². The fourth-order valence-corrected chi connectivity index (χ4v) is 4.14. The highest BCUT2D eigenvalue weighted by molar-refractivity contribution is 5.96. The molecule has 184 valence electrons. The molecule has 2 heterocycles. The summed E-state index contributed by atoms with van der Waals surface area (Å²) in [5.74, 6) is 0.786. The van der Waals surface area contributed by atoms with Gasteiger partial charge in [-0.25, -0.2) is 14.8 Å². The second-order valence-corrected chi connectivity index (χ2v) is 10.3. The van der Waals surface area contributed by atoms with Crippen molar-refractivity contribution in [2.24, 2.45) is 5.92 Å². The lowest BCUT2D eigenvalue weighted by Gasteiger charge is -2.41. The molecule has 0 aliphatic carbocycles. The summed E-state index contributed by atoms with van der Waals surface area (Å²) in [6.07, 6.45) is 2.39. The van der Waals surface area contributed by atoms with Crippen molar-refractivity contribution in [2.45, 2.75) is 71.9 Å². The van der Waals surface area contributed by atoms with Crippen LogP contribution in [0, 0.1) is 5.92 Å². The number of aromatic nitrogens is 2. The number of ether oxygens (including phenoxy) is 2. The van der Waals surface area contributed by atoms with Crippen molar-refractivity contribution in [3.05, 3.63) is 36.2 Å². The Hall–Kier alpha value is -3.36. The summed E-state index contributed by atoms with van der Waals surface area (Å²) < 4.78 is 11.7. The van der Waals surface area contributed by atoms with Crippen molar-refractivity contribution in [3.8, 4) is 17.5 Å². The van der Waals surface area contributed by atoms with E-state index in [-0.39, 0.29) is 17.3 Å². The molecule has 1 aliphatic rings. The summed E-state index contributed by atoms with van der Waals surface area (Å²) in [5, 5.41) is 12.6. The predicted octanol–water partition coefficient (Wildman–Crippen LogP) is 5.07. The van der Waals surface area contributed by atoms with Crippen LogP contribution in [0.4, 0.5) is 10.5 Å². The van der Waals surface area contributed by atoms with Gasteiger partial charge in [0.05, 0.1) is 24.7 Å². The van der Waals surface area contributed by atoms with Gasteiger partial charge in [0.1, 0.15) is 17.5 Å². The zero-order chi connectivity index (χ0) is 25.3. The number of nitrogens with zero attached hydrogens (tertiary/aromatic N) is 3. The van der Waals surface area contributed by atoms with Crippen LogP contribution in [0.5, 0.6) is 17.5 Å². The summed E-state index contributed by atoms with van der Waals surface area (Å²) in [7, 11) is 0. The number of hydrogen-bond donors (Lipinski definition) is 2. The van der Waals surface area contributed by atoms with Crippen LogP contribution in [0.1, 0.15) is 60.5 Å². The molecule has 2 N–H and O–H groups in total. The summed E-state index contributed by atoms with van der Waals surface area (Å²) in [4.78, 5) is 34.8. The van der Waals surface area contributed by atoms with E-state index in [1.165, 1.54) is 17.3 Å². The first-order chi connectivity index (χ1) is 15.8. The molecule has 2 amide bonds. The van der Waals surface area contributed by atoms with Crippen molar-refractivity contribution >= 4 is 17.7 Å². The molecule has 2 aromatic rings. The molecule has 3 rings (SSSR count). The van der Waals surface area contributed by atoms with Gasteiger partial charge < -0.3 is 19.9 Å². The van der Waals surface area contributed by atoms with Crippen molar-refractivity contribution in [1.29, 1.82) is 0 Å². The third-order valence-electron chi connectivity index (χ3n) is 6.01. The van der Waals surface area contributed by atoms with Crippen molar-refractivity contribution in [2.75, 3.05) is 11.9 Å². The number of carbonyl (C=O) groups excluding carboxylic acids is 1. The van der Waals surface area contributed by atoms with Gasteiger partial charge in [-0.05, 0) is 38.8 Å². The Morgan fingerprint density at radius 2 is 1.91 bits per heavy atom. The van der Waals surface area contributed by atoms with Crippen molar-refractivity contribution in [3.63, 3.8) is 0 Å². The number of carboxylic acid groups (broad SMARTS) is 1. The first kappa shape index (κ1) is 25.3. The molecule has 1 aromatic carbocycles. The van der Waals surface area contributed by atoms with E-state index < -0.39 is 23.6 Å². The fourth-order valence-electron chi connectivity index (χ4n) is 4.14. The van der Waals surface area contributed by atoms with Gasteiger partial charge in [-0.1, -0.05) is 40.2 Å². The molecule has 0 fully saturated rings. The molecule has 0 radical (unpaired) electrons. The summed E-state index contributed by atoms with van der Waals surface area (Å²) in [6.45, 7) is 13.8. The van der Waals surface area contributed by atoms with E-state index in [1.807, 2.05) is 32.0 Å². The SMILES string of the molecule is CCC(C)[C@H](C(=O)Nc1cnc(Oc2cccc3c2C(C)(C)CO3)nc1)N(C(=O)O)C(C)(C)C. The minimum atomic E-state index is -1.14. The first-order valence-corrected chi connectivity index (χ1v) is 11.4. The van der Waals surface area contributed by atoms with Crippen LogP contribution in [0.3, 0.4) is 0 Å². The Morgan fingerprint density at radius 3 is 2.47 bits per heavy atom. The molecule has 0 spiro atoms. The maximum atomic E-state index is 13.2. The van der Waals surface area contributed by atoms with Crippen LogP contribution in [0.15, 0.2) is 30.6 Å². The lowest BCUT2D eigenvalue weighted by molar-refractivity contribution is -0.124. The Balaban J connectivity index is 1.78. The van der Waals surface area contributed by atoms with Gasteiger partial charge in [0.25, 0.3) is 0 Å². The quantitative estimate of drug-likeness (QED) is 0.581. The Morgan fingerprint density at radius 1 is 1.26 bits per heavy atom. The minimum Gasteiger partial charge on any atom is -0.492 e. The van der Waals surface area contributed by atoms with Crippen LogP contribution in [0.25, 0.3) is 0 Å². The largest absolute Gasteiger partial charge is 0.492 e. The number of fused-ring (bicyclic) bond motifs is 1. The van der Waals surface area contributed by atoms with E-state index in [0.29, 0.717) is 24.5 Å². The highest BCUT2D eigenvalue weighted by Crippen LogP contribution is 2.44. The molecule has 0 bridgehead atoms. The third kappa shape index (κ3) is 5.24. The number of anilines is 1. The van der Waals surface area contributed by atoms with Crippen molar-refractivity contribution in [1.82, 2.24) is 14.9 Å². The van der Waals surface area contributed by atoms with Crippen LogP contribution in [0.2, 0.25) is 0 Å². The third-order valence-corrected chi connectivity index (χ3v) is 6.01. The predicted molar refractivity (Wildman–Crippen MR) is 129 cm³/mol. The summed E-state index contributed by atoms with van der Waals surface area (Å²) in [6, 6.07) is 4.87. The van der Waals surface area contributed by atoms with Gasteiger partial charge >= 0.3 is 12.1 Å². The monoisotopic (exact) mass is 470 g/mol. The Kier molecular flexibility index (Phi) is 7.05. The lowest BCUT2D eigenvalue weighted by Crippen LogP contribution is -2.57. The Bertz CT molecular complexity index is 1050. The van der Waals surface area contributed by atoms with Gasteiger partial charge in [-0.2, -0.15) is 0 Å². The van der Waals surface area contributed by atoms with Crippen LogP contribution in [-0.2, 0) is 10.2 Å². The molecule has 1 aliphatic heterocycles. The van der Waals surface area contributed by atoms with E-state index >= 15 is 0 Å². The van der Waals surface area contributed by atoms with Crippen LogP contribution in [-0.4, -0.2) is 50.2 Å². The molecule has 9 nitrogen and oxygen atoms in total. The smallest absolute Gasteiger partial charge is 0.408 e. The van der Waals surface area contributed by atoms with E-state index in [1.54, 1.807) is 20.8 Å². The average Bonchev–Trinajstić information content (AvgIpc) is 3.07. The number of rotatable bonds is 7. The van der Waals surface area contributed by atoms with Gasteiger partial charge in [-0.15, -0.1) is 0 Å². The summed E-state index contributed by atoms with van der Waals surface area (Å²) >= 11 is 0. The Labute approximate surface area is 200 Å².